The quantitative estimate of drug-likeness (QED) is 0.881. The molecule has 15 heavy (non-hydrogen) atoms. The molecule has 0 aliphatic heterocycles. The van der Waals surface area contributed by atoms with Crippen LogP contribution >= 0.6 is 15.9 Å². The summed E-state index contributed by atoms with van der Waals surface area (Å²) in [5.74, 6) is 0. The van der Waals surface area contributed by atoms with Crippen LogP contribution in [-0.2, 0) is 5.41 Å². The van der Waals surface area contributed by atoms with Crippen LogP contribution in [-0.4, -0.2) is 12.6 Å². The van der Waals surface area contributed by atoms with Crippen molar-refractivity contribution in [2.24, 2.45) is 0 Å². The molecule has 0 aromatic heterocycles. The molecule has 0 bridgehead atoms. The molecule has 0 unspecified atom stereocenters. The molecule has 0 amide bonds. The summed E-state index contributed by atoms with van der Waals surface area (Å²) in [6.07, 6.45) is 2.65. The van der Waals surface area contributed by atoms with E-state index in [1.165, 1.54) is 22.9 Å². The summed E-state index contributed by atoms with van der Waals surface area (Å²) in [5.41, 5.74) is 1.90. The summed E-state index contributed by atoms with van der Waals surface area (Å²) in [4.78, 5) is 0. The fourth-order valence-corrected chi connectivity index (χ4v) is 2.34. The van der Waals surface area contributed by atoms with Gasteiger partial charge < -0.3 is 5.32 Å². The molecule has 0 spiro atoms. The van der Waals surface area contributed by atoms with Gasteiger partial charge in [-0.3, -0.25) is 0 Å². The number of nitrogens with one attached hydrogen (secondary N) is 1. The summed E-state index contributed by atoms with van der Waals surface area (Å²) in [6.45, 7) is 5.52. The van der Waals surface area contributed by atoms with Crippen LogP contribution < -0.4 is 5.32 Å². The van der Waals surface area contributed by atoms with Gasteiger partial charge in [-0.25, -0.2) is 0 Å². The van der Waals surface area contributed by atoms with Crippen molar-refractivity contribution in [3.8, 4) is 0 Å². The van der Waals surface area contributed by atoms with Crippen molar-refractivity contribution in [1.29, 1.82) is 0 Å². The molecule has 2 rings (SSSR count). The molecule has 1 aliphatic carbocycles. The number of hydrogen-bond donors (Lipinski definition) is 1. The average molecular weight is 268 g/mol. The van der Waals surface area contributed by atoms with E-state index in [1.54, 1.807) is 0 Å². The van der Waals surface area contributed by atoms with Crippen LogP contribution in [0.25, 0.3) is 0 Å². The zero-order valence-electron chi connectivity index (χ0n) is 9.39. The molecule has 1 N–H and O–H groups in total. The zero-order valence-corrected chi connectivity index (χ0v) is 11.0. The Morgan fingerprint density at radius 3 is 2.67 bits per heavy atom. The van der Waals surface area contributed by atoms with E-state index < -0.39 is 0 Å². The summed E-state index contributed by atoms with van der Waals surface area (Å²) in [7, 11) is 0. The van der Waals surface area contributed by atoms with Crippen LogP contribution in [0, 0.1) is 0 Å². The molecular formula is C13H18BrN. The highest BCUT2D eigenvalue weighted by molar-refractivity contribution is 9.10. The van der Waals surface area contributed by atoms with Crippen LogP contribution in [0.1, 0.15) is 32.3 Å². The molecule has 82 valence electrons. The van der Waals surface area contributed by atoms with E-state index in [9.17, 15) is 0 Å². The van der Waals surface area contributed by atoms with Gasteiger partial charge in [0.05, 0.1) is 0 Å². The van der Waals surface area contributed by atoms with E-state index in [0.717, 1.165) is 6.54 Å². The second kappa shape index (κ2) is 4.26. The first-order valence-electron chi connectivity index (χ1n) is 5.62. The maximum Gasteiger partial charge on any atom is 0.0178 e. The summed E-state index contributed by atoms with van der Waals surface area (Å²) < 4.78 is 1.19. The normalized spacial score (nSPS) is 18.1. The maximum atomic E-state index is 3.55. The van der Waals surface area contributed by atoms with Crippen molar-refractivity contribution in [2.45, 2.75) is 38.1 Å². The fourth-order valence-electron chi connectivity index (χ4n) is 1.94. The molecule has 1 aromatic carbocycles. The fraction of sp³-hybridized carbons (Fsp3) is 0.538. The molecule has 0 atom stereocenters. The first-order chi connectivity index (χ1) is 7.12. The summed E-state index contributed by atoms with van der Waals surface area (Å²) in [6, 6.07) is 9.31. The standard InChI is InChI=1S/C13H18BrN/c1-10(2)15-9-13(6-7-13)11-4-3-5-12(14)8-11/h3-5,8,10,15H,6-7,9H2,1-2H3. The van der Waals surface area contributed by atoms with Crippen LogP contribution in [0.4, 0.5) is 0 Å². The molecule has 0 radical (unpaired) electrons. The third-order valence-electron chi connectivity index (χ3n) is 3.14. The highest BCUT2D eigenvalue weighted by Crippen LogP contribution is 2.48. The molecule has 1 fully saturated rings. The predicted octanol–water partition coefficient (Wildman–Crippen LogP) is 3.48. The zero-order chi connectivity index (χ0) is 10.9. The minimum Gasteiger partial charge on any atom is -0.314 e. The molecular weight excluding hydrogens is 250 g/mol. The third-order valence-corrected chi connectivity index (χ3v) is 3.63. The van der Waals surface area contributed by atoms with E-state index in [1.807, 2.05) is 0 Å². The Bertz CT molecular complexity index is 342. The van der Waals surface area contributed by atoms with E-state index in [0.29, 0.717) is 11.5 Å². The van der Waals surface area contributed by atoms with Gasteiger partial charge in [0, 0.05) is 22.5 Å². The predicted molar refractivity (Wildman–Crippen MR) is 68.2 cm³/mol. The lowest BCUT2D eigenvalue weighted by Gasteiger charge is -2.18. The first kappa shape index (κ1) is 11.2. The molecule has 2 heteroatoms. The van der Waals surface area contributed by atoms with Gasteiger partial charge in [-0.15, -0.1) is 0 Å². The number of hydrogen-bond acceptors (Lipinski definition) is 1. The number of halogens is 1. The van der Waals surface area contributed by atoms with Crippen LogP contribution in [0.15, 0.2) is 28.7 Å². The third kappa shape index (κ3) is 2.61. The van der Waals surface area contributed by atoms with E-state index in [-0.39, 0.29) is 0 Å². The van der Waals surface area contributed by atoms with E-state index in [2.05, 4.69) is 59.4 Å². The Balaban J connectivity index is 2.09. The van der Waals surface area contributed by atoms with Crippen molar-refractivity contribution in [2.75, 3.05) is 6.54 Å². The Labute approximate surface area is 100 Å². The van der Waals surface area contributed by atoms with Crippen molar-refractivity contribution in [1.82, 2.24) is 5.32 Å². The van der Waals surface area contributed by atoms with Gasteiger partial charge in [-0.2, -0.15) is 0 Å². The molecule has 0 heterocycles. The van der Waals surface area contributed by atoms with Crippen LogP contribution in [0.5, 0.6) is 0 Å². The van der Waals surface area contributed by atoms with Gasteiger partial charge in [-0.1, -0.05) is 41.9 Å². The van der Waals surface area contributed by atoms with Crippen LogP contribution in [0.2, 0.25) is 0 Å². The molecule has 1 aliphatic rings. The largest absolute Gasteiger partial charge is 0.314 e. The Morgan fingerprint density at radius 1 is 1.40 bits per heavy atom. The summed E-state index contributed by atoms with van der Waals surface area (Å²) >= 11 is 3.54. The highest BCUT2D eigenvalue weighted by Gasteiger charge is 2.43. The molecule has 1 aromatic rings. The minimum absolute atomic E-state index is 0.425. The molecule has 0 saturated heterocycles. The second-order valence-corrected chi connectivity index (χ2v) is 5.74. The lowest BCUT2D eigenvalue weighted by molar-refractivity contribution is 0.520. The topological polar surface area (TPSA) is 12.0 Å². The van der Waals surface area contributed by atoms with Crippen LogP contribution in [0.3, 0.4) is 0 Å². The Hall–Kier alpha value is -0.340. The lowest BCUT2D eigenvalue weighted by Crippen LogP contribution is -2.31. The molecule has 1 nitrogen and oxygen atoms in total. The van der Waals surface area contributed by atoms with Gasteiger partial charge in [0.1, 0.15) is 0 Å². The minimum atomic E-state index is 0.425. The van der Waals surface area contributed by atoms with Gasteiger partial charge in [0.25, 0.3) is 0 Å². The van der Waals surface area contributed by atoms with Gasteiger partial charge in [0.15, 0.2) is 0 Å². The van der Waals surface area contributed by atoms with E-state index >= 15 is 0 Å². The van der Waals surface area contributed by atoms with Crippen molar-refractivity contribution >= 4 is 15.9 Å². The molecule has 1 saturated carbocycles. The van der Waals surface area contributed by atoms with Gasteiger partial charge in [0.2, 0.25) is 0 Å². The smallest absolute Gasteiger partial charge is 0.0178 e. The monoisotopic (exact) mass is 267 g/mol. The SMILES string of the molecule is CC(C)NCC1(c2cccc(Br)c2)CC1. The number of benzene rings is 1. The number of rotatable bonds is 4. The van der Waals surface area contributed by atoms with E-state index in [4.69, 9.17) is 0 Å². The highest BCUT2D eigenvalue weighted by atomic mass is 79.9. The summed E-state index contributed by atoms with van der Waals surface area (Å²) in [5, 5.41) is 3.55. The van der Waals surface area contributed by atoms with Crippen molar-refractivity contribution in [3.05, 3.63) is 34.3 Å². The van der Waals surface area contributed by atoms with Crippen molar-refractivity contribution < 1.29 is 0 Å². The first-order valence-corrected chi connectivity index (χ1v) is 6.41. The van der Waals surface area contributed by atoms with Gasteiger partial charge in [-0.05, 0) is 30.5 Å². The average Bonchev–Trinajstić information content (AvgIpc) is 2.96. The lowest BCUT2D eigenvalue weighted by atomic mass is 9.96. The second-order valence-electron chi connectivity index (χ2n) is 4.83. The Kier molecular flexibility index (Phi) is 3.17. The van der Waals surface area contributed by atoms with Gasteiger partial charge >= 0.3 is 0 Å². The Morgan fingerprint density at radius 2 is 2.13 bits per heavy atom. The maximum absolute atomic E-state index is 3.55. The van der Waals surface area contributed by atoms with Crippen molar-refractivity contribution in [3.63, 3.8) is 0 Å².